The highest BCUT2D eigenvalue weighted by atomic mass is 35.5. The Morgan fingerprint density at radius 1 is 1.11 bits per heavy atom. The highest BCUT2D eigenvalue weighted by molar-refractivity contribution is 7.15. The van der Waals surface area contributed by atoms with Gasteiger partial charge in [0.1, 0.15) is 23.1 Å². The van der Waals surface area contributed by atoms with E-state index in [9.17, 15) is 9.59 Å². The zero-order chi connectivity index (χ0) is 31.2. The zero-order valence-corrected chi connectivity index (χ0v) is 26.4. The van der Waals surface area contributed by atoms with E-state index < -0.39 is 6.04 Å². The molecule has 2 amide bonds. The first kappa shape index (κ1) is 31.2. The standard InChI is InChI=1S/C32H34ClN7O3S/c1-19-20(2)44-32-28(19)29(23-9-11-24(33)12-10-23)37-25(30-39-38-21(3)40(30)32)17-27(41)35-14-6-7-15-36-31(42)26-16-22(18-43-26)8-4-5-13-34/h9-12,16,18,25H,5-7,13-15,17,34H2,1-3H3,(H,35,41)(H,36,42)/t25-/m0/s1. The summed E-state index contributed by atoms with van der Waals surface area (Å²) in [7, 11) is 0. The molecule has 0 unspecified atom stereocenters. The molecular formula is C32H34ClN7O3S. The third-order valence-electron chi connectivity index (χ3n) is 7.27. The average molecular weight is 632 g/mol. The number of fused-ring (bicyclic) bond motifs is 3. The van der Waals surface area contributed by atoms with Crippen LogP contribution >= 0.6 is 22.9 Å². The molecule has 1 aromatic carbocycles. The smallest absolute Gasteiger partial charge is 0.287 e. The largest absolute Gasteiger partial charge is 0.458 e. The summed E-state index contributed by atoms with van der Waals surface area (Å²) in [4.78, 5) is 31.8. The van der Waals surface area contributed by atoms with Crippen LogP contribution in [-0.2, 0) is 4.79 Å². The molecule has 1 aliphatic rings. The van der Waals surface area contributed by atoms with Crippen LogP contribution in [0.25, 0.3) is 5.00 Å². The molecule has 0 radical (unpaired) electrons. The molecule has 3 aromatic heterocycles. The SMILES string of the molecule is Cc1sc2c(c1C)C(c1ccc(Cl)cc1)=N[C@@H](CC(=O)NCCCCNC(=O)c1cc(C#CCCN)co1)c1nnc(C)n1-2. The molecule has 0 saturated heterocycles. The van der Waals surface area contributed by atoms with E-state index in [4.69, 9.17) is 26.7 Å². The number of unbranched alkanes of at least 4 members (excludes halogenated alkanes) is 1. The van der Waals surface area contributed by atoms with Gasteiger partial charge in [0, 0.05) is 53.1 Å². The summed E-state index contributed by atoms with van der Waals surface area (Å²) >= 11 is 7.86. The van der Waals surface area contributed by atoms with Crippen LogP contribution in [0, 0.1) is 32.6 Å². The molecule has 0 saturated carbocycles. The first-order valence-corrected chi connectivity index (χ1v) is 15.6. The van der Waals surface area contributed by atoms with Crippen molar-refractivity contribution in [2.75, 3.05) is 19.6 Å². The van der Waals surface area contributed by atoms with E-state index in [1.165, 1.54) is 11.1 Å². The Morgan fingerprint density at radius 3 is 2.61 bits per heavy atom. The van der Waals surface area contributed by atoms with E-state index in [1.54, 1.807) is 17.4 Å². The number of aliphatic imine (C=N–C) groups is 1. The Kier molecular flexibility index (Phi) is 9.95. The van der Waals surface area contributed by atoms with Crippen molar-refractivity contribution in [1.29, 1.82) is 0 Å². The molecule has 0 spiro atoms. The van der Waals surface area contributed by atoms with E-state index in [1.807, 2.05) is 35.8 Å². The van der Waals surface area contributed by atoms with Crippen LogP contribution in [0.1, 0.15) is 81.1 Å². The molecule has 4 heterocycles. The number of aryl methyl sites for hydroxylation is 2. The van der Waals surface area contributed by atoms with Crippen LogP contribution < -0.4 is 16.4 Å². The minimum atomic E-state index is -0.529. The predicted octanol–water partition coefficient (Wildman–Crippen LogP) is 4.81. The lowest BCUT2D eigenvalue weighted by molar-refractivity contribution is -0.121. The minimum absolute atomic E-state index is 0.119. The summed E-state index contributed by atoms with van der Waals surface area (Å²) in [5.74, 6) is 6.97. The van der Waals surface area contributed by atoms with Gasteiger partial charge in [0.15, 0.2) is 11.6 Å². The number of thiophene rings is 1. The van der Waals surface area contributed by atoms with E-state index in [0.717, 1.165) is 33.2 Å². The van der Waals surface area contributed by atoms with Crippen LogP contribution in [0.5, 0.6) is 0 Å². The lowest BCUT2D eigenvalue weighted by Crippen LogP contribution is -2.28. The van der Waals surface area contributed by atoms with Gasteiger partial charge in [0.05, 0.1) is 17.7 Å². The van der Waals surface area contributed by atoms with E-state index >= 15 is 0 Å². The summed E-state index contributed by atoms with van der Waals surface area (Å²) in [5, 5.41) is 16.3. The van der Waals surface area contributed by atoms with E-state index in [2.05, 4.69) is 46.5 Å². The first-order chi connectivity index (χ1) is 21.3. The Balaban J connectivity index is 1.20. The number of rotatable bonds is 10. The van der Waals surface area contributed by atoms with Crippen molar-refractivity contribution >= 4 is 40.5 Å². The first-order valence-electron chi connectivity index (χ1n) is 14.5. The number of nitrogens with one attached hydrogen (secondary N) is 2. The molecule has 1 aliphatic heterocycles. The fourth-order valence-electron chi connectivity index (χ4n) is 4.90. The third kappa shape index (κ3) is 6.94. The summed E-state index contributed by atoms with van der Waals surface area (Å²) in [6.45, 7) is 7.50. The number of aromatic nitrogens is 3. The Hall–Kier alpha value is -4.24. The van der Waals surface area contributed by atoms with Crippen LogP contribution in [0.4, 0.5) is 0 Å². The summed E-state index contributed by atoms with van der Waals surface area (Å²) in [6.07, 6.45) is 3.53. The summed E-state index contributed by atoms with van der Waals surface area (Å²) in [6, 6.07) is 8.68. The second-order valence-corrected chi connectivity index (χ2v) is 12.1. The minimum Gasteiger partial charge on any atom is -0.458 e. The topological polar surface area (TPSA) is 140 Å². The molecule has 0 bridgehead atoms. The monoisotopic (exact) mass is 631 g/mol. The summed E-state index contributed by atoms with van der Waals surface area (Å²) < 4.78 is 7.34. The number of halogens is 1. The molecule has 0 fully saturated rings. The lowest BCUT2D eigenvalue weighted by atomic mass is 9.99. The number of benzene rings is 1. The zero-order valence-electron chi connectivity index (χ0n) is 24.9. The molecule has 5 rings (SSSR count). The Morgan fingerprint density at radius 2 is 1.86 bits per heavy atom. The summed E-state index contributed by atoms with van der Waals surface area (Å²) in [5.41, 5.74) is 9.97. The van der Waals surface area contributed by atoms with Gasteiger partial charge in [0.25, 0.3) is 5.91 Å². The van der Waals surface area contributed by atoms with Crippen LogP contribution in [0.15, 0.2) is 46.0 Å². The number of hydrogen-bond donors (Lipinski definition) is 3. The van der Waals surface area contributed by atoms with Crippen molar-refractivity contribution in [3.63, 3.8) is 0 Å². The number of nitrogens with zero attached hydrogens (tertiary/aromatic N) is 4. The van der Waals surface area contributed by atoms with Gasteiger partial charge in [-0.3, -0.25) is 19.1 Å². The van der Waals surface area contributed by atoms with E-state index in [-0.39, 0.29) is 24.0 Å². The molecule has 4 aromatic rings. The number of carbonyl (C=O) groups excluding carboxylic acids is 2. The maximum absolute atomic E-state index is 13.1. The van der Waals surface area contributed by atoms with Gasteiger partial charge in [-0.25, -0.2) is 0 Å². The number of carbonyl (C=O) groups is 2. The Labute approximate surface area is 265 Å². The predicted molar refractivity (Wildman–Crippen MR) is 172 cm³/mol. The second kappa shape index (κ2) is 14.0. The molecule has 0 aliphatic carbocycles. The molecule has 10 nitrogen and oxygen atoms in total. The second-order valence-electron chi connectivity index (χ2n) is 10.5. The highest BCUT2D eigenvalue weighted by Crippen LogP contribution is 2.39. The Bertz CT molecular complexity index is 1760. The number of hydrogen-bond acceptors (Lipinski definition) is 8. The molecule has 4 N–H and O–H groups in total. The van der Waals surface area contributed by atoms with Gasteiger partial charge in [-0.05, 0) is 51.3 Å². The number of nitrogens with two attached hydrogens (primary N) is 1. The quantitative estimate of drug-likeness (QED) is 0.170. The van der Waals surface area contributed by atoms with E-state index in [0.29, 0.717) is 55.3 Å². The van der Waals surface area contributed by atoms with Crippen LogP contribution in [0.3, 0.4) is 0 Å². The fraction of sp³-hybridized carbons (Fsp3) is 0.344. The van der Waals surface area contributed by atoms with Crippen molar-refractivity contribution in [2.45, 2.75) is 52.5 Å². The van der Waals surface area contributed by atoms with Gasteiger partial charge >= 0.3 is 0 Å². The third-order valence-corrected chi connectivity index (χ3v) is 8.72. The van der Waals surface area contributed by atoms with Gasteiger partial charge in [-0.1, -0.05) is 35.6 Å². The molecule has 12 heteroatoms. The fourth-order valence-corrected chi connectivity index (χ4v) is 6.24. The molecule has 44 heavy (non-hydrogen) atoms. The normalized spacial score (nSPS) is 13.7. The molecular weight excluding hydrogens is 598 g/mol. The molecule has 1 atom stereocenters. The van der Waals surface area contributed by atoms with Crippen molar-refractivity contribution < 1.29 is 14.0 Å². The van der Waals surface area contributed by atoms with Gasteiger partial charge in [-0.2, -0.15) is 0 Å². The van der Waals surface area contributed by atoms with Crippen molar-refractivity contribution in [3.8, 4) is 16.8 Å². The molecule has 228 valence electrons. The van der Waals surface area contributed by atoms with Crippen LogP contribution in [0.2, 0.25) is 5.02 Å². The average Bonchev–Trinajstić information content (AvgIpc) is 3.69. The highest BCUT2D eigenvalue weighted by Gasteiger charge is 2.32. The van der Waals surface area contributed by atoms with Gasteiger partial charge in [-0.15, -0.1) is 21.5 Å². The number of furan rings is 1. The maximum atomic E-state index is 13.1. The lowest BCUT2D eigenvalue weighted by Gasteiger charge is -2.13. The van der Waals surface area contributed by atoms with Crippen molar-refractivity contribution in [2.24, 2.45) is 10.7 Å². The van der Waals surface area contributed by atoms with Crippen molar-refractivity contribution in [3.05, 3.63) is 86.2 Å². The van der Waals surface area contributed by atoms with Crippen molar-refractivity contribution in [1.82, 2.24) is 25.4 Å². The maximum Gasteiger partial charge on any atom is 0.287 e. The van der Waals surface area contributed by atoms with Crippen LogP contribution in [-0.4, -0.2) is 51.9 Å². The number of amides is 2. The van der Waals surface area contributed by atoms with Gasteiger partial charge in [0.2, 0.25) is 5.91 Å². The van der Waals surface area contributed by atoms with Gasteiger partial charge < -0.3 is 20.8 Å².